The Morgan fingerprint density at radius 3 is 2.92 bits per heavy atom. The Morgan fingerprint density at radius 1 is 1.28 bits per heavy atom. The highest BCUT2D eigenvalue weighted by Gasteiger charge is 2.13. The number of benzene rings is 1. The van der Waals surface area contributed by atoms with Gasteiger partial charge in [0.15, 0.2) is 0 Å². The molecule has 1 aliphatic rings. The normalized spacial score (nSPS) is 15.7. The summed E-state index contributed by atoms with van der Waals surface area (Å²) in [5.74, 6) is 2.31. The van der Waals surface area contributed by atoms with Crippen LogP contribution in [0.25, 0.3) is 0 Å². The van der Waals surface area contributed by atoms with Crippen LogP contribution in [0.15, 0.2) is 36.7 Å². The van der Waals surface area contributed by atoms with Crippen LogP contribution < -0.4 is 15.0 Å². The van der Waals surface area contributed by atoms with Gasteiger partial charge in [0.2, 0.25) is 0 Å². The van der Waals surface area contributed by atoms with Crippen LogP contribution in [0.4, 0.5) is 11.6 Å². The minimum atomic E-state index is -0.637. The van der Waals surface area contributed by atoms with E-state index in [1.54, 1.807) is 0 Å². The van der Waals surface area contributed by atoms with Crippen molar-refractivity contribution in [2.75, 3.05) is 49.7 Å². The topological polar surface area (TPSA) is 79.7 Å². The Kier molecular flexibility index (Phi) is 6.03. The fraction of sp³-hybridized carbons (Fsp3) is 0.444. The Labute approximate surface area is 147 Å². The summed E-state index contributed by atoms with van der Waals surface area (Å²) in [7, 11) is 0. The molecule has 1 atom stereocenters. The molecule has 25 heavy (non-hydrogen) atoms. The molecule has 0 amide bonds. The molecule has 1 aromatic carbocycles. The molecule has 0 aliphatic carbocycles. The second-order valence-corrected chi connectivity index (χ2v) is 6.02. The van der Waals surface area contributed by atoms with Crippen LogP contribution in [0.1, 0.15) is 5.56 Å². The summed E-state index contributed by atoms with van der Waals surface area (Å²) >= 11 is 0. The van der Waals surface area contributed by atoms with Gasteiger partial charge >= 0.3 is 0 Å². The predicted molar refractivity (Wildman–Crippen MR) is 96.2 cm³/mol. The monoisotopic (exact) mass is 344 g/mol. The molecule has 3 rings (SSSR count). The van der Waals surface area contributed by atoms with Crippen molar-refractivity contribution < 1.29 is 14.6 Å². The van der Waals surface area contributed by atoms with Crippen molar-refractivity contribution in [2.24, 2.45) is 0 Å². The number of aromatic nitrogens is 2. The van der Waals surface area contributed by atoms with Crippen molar-refractivity contribution >= 4 is 11.6 Å². The summed E-state index contributed by atoms with van der Waals surface area (Å²) in [5, 5.41) is 13.2. The number of hydrogen-bond acceptors (Lipinski definition) is 7. The number of aliphatic hydroxyl groups excluding tert-OH is 1. The second kappa shape index (κ2) is 8.64. The van der Waals surface area contributed by atoms with Crippen molar-refractivity contribution in [3.05, 3.63) is 42.2 Å². The summed E-state index contributed by atoms with van der Waals surface area (Å²) < 4.78 is 11.0. The zero-order chi connectivity index (χ0) is 17.5. The molecule has 0 spiro atoms. The molecule has 1 aromatic heterocycles. The van der Waals surface area contributed by atoms with Gasteiger partial charge in [-0.1, -0.05) is 12.1 Å². The average molecular weight is 344 g/mol. The van der Waals surface area contributed by atoms with Crippen LogP contribution >= 0.6 is 0 Å². The number of rotatable bonds is 7. The molecule has 2 heterocycles. The fourth-order valence-electron chi connectivity index (χ4n) is 2.59. The molecule has 1 aliphatic heterocycles. The van der Waals surface area contributed by atoms with Crippen molar-refractivity contribution in [3.8, 4) is 5.75 Å². The van der Waals surface area contributed by atoms with E-state index in [9.17, 15) is 5.11 Å². The molecule has 2 N–H and O–H groups in total. The number of ether oxygens (including phenoxy) is 2. The van der Waals surface area contributed by atoms with Gasteiger partial charge in [0.25, 0.3) is 0 Å². The summed E-state index contributed by atoms with van der Waals surface area (Å²) in [6.07, 6.45) is 0.894. The number of aryl methyl sites for hydroxylation is 1. The van der Waals surface area contributed by atoms with Crippen LogP contribution in [0, 0.1) is 6.92 Å². The zero-order valence-corrected chi connectivity index (χ0v) is 14.4. The van der Waals surface area contributed by atoms with Crippen LogP contribution in [0.3, 0.4) is 0 Å². The van der Waals surface area contributed by atoms with Gasteiger partial charge in [0.05, 0.1) is 13.2 Å². The molecule has 1 unspecified atom stereocenters. The number of hydrogen-bond donors (Lipinski definition) is 2. The molecule has 1 fully saturated rings. The standard InChI is InChI=1S/C18H24N4O3/c1-14-3-2-4-16(9-14)25-12-15(23)11-19-17-10-18(21-13-20-17)22-5-7-24-8-6-22/h2-4,9-10,13,15,23H,5-8,11-12H2,1H3,(H,19,20,21). The summed E-state index contributed by atoms with van der Waals surface area (Å²) in [5.41, 5.74) is 1.13. The maximum absolute atomic E-state index is 10.1. The predicted octanol–water partition coefficient (Wildman–Crippen LogP) is 1.47. The van der Waals surface area contributed by atoms with Crippen LogP contribution in [-0.2, 0) is 4.74 Å². The number of nitrogens with zero attached hydrogens (tertiary/aromatic N) is 3. The minimum absolute atomic E-state index is 0.220. The van der Waals surface area contributed by atoms with E-state index in [0.717, 1.165) is 30.2 Å². The number of nitrogens with one attached hydrogen (secondary N) is 1. The van der Waals surface area contributed by atoms with Gasteiger partial charge in [-0.25, -0.2) is 9.97 Å². The highest BCUT2D eigenvalue weighted by atomic mass is 16.5. The average Bonchev–Trinajstić information content (AvgIpc) is 2.66. The molecule has 2 aromatic rings. The zero-order valence-electron chi connectivity index (χ0n) is 14.4. The maximum atomic E-state index is 10.1. The molecule has 0 bridgehead atoms. The van der Waals surface area contributed by atoms with Crippen molar-refractivity contribution in [3.63, 3.8) is 0 Å². The van der Waals surface area contributed by atoms with Crippen molar-refractivity contribution in [1.82, 2.24) is 9.97 Å². The SMILES string of the molecule is Cc1cccc(OCC(O)CNc2cc(N3CCOCC3)ncn2)c1. The Hall–Kier alpha value is -2.38. The lowest BCUT2D eigenvalue weighted by Gasteiger charge is -2.27. The maximum Gasteiger partial charge on any atom is 0.134 e. The number of aliphatic hydroxyl groups is 1. The van der Waals surface area contributed by atoms with E-state index in [1.807, 2.05) is 37.3 Å². The third kappa shape index (κ3) is 5.30. The van der Waals surface area contributed by atoms with Gasteiger partial charge < -0.3 is 24.8 Å². The van der Waals surface area contributed by atoms with Gasteiger partial charge in [0.1, 0.15) is 36.4 Å². The van der Waals surface area contributed by atoms with E-state index in [1.165, 1.54) is 6.33 Å². The lowest BCUT2D eigenvalue weighted by molar-refractivity contribution is 0.117. The lowest BCUT2D eigenvalue weighted by atomic mass is 10.2. The lowest BCUT2D eigenvalue weighted by Crippen LogP contribution is -2.36. The number of morpholine rings is 1. The van der Waals surface area contributed by atoms with Gasteiger partial charge in [-0.2, -0.15) is 0 Å². The van der Waals surface area contributed by atoms with Crippen molar-refractivity contribution in [1.29, 1.82) is 0 Å². The first kappa shape index (κ1) is 17.4. The Balaban J connectivity index is 1.47. The van der Waals surface area contributed by atoms with Crippen LogP contribution in [0.2, 0.25) is 0 Å². The highest BCUT2D eigenvalue weighted by molar-refractivity contribution is 5.48. The fourth-order valence-corrected chi connectivity index (χ4v) is 2.59. The molecule has 1 saturated heterocycles. The van der Waals surface area contributed by atoms with Gasteiger partial charge in [0, 0.05) is 25.7 Å². The molecule has 7 nitrogen and oxygen atoms in total. The van der Waals surface area contributed by atoms with Gasteiger partial charge in [-0.15, -0.1) is 0 Å². The summed E-state index contributed by atoms with van der Waals surface area (Å²) in [6.45, 7) is 5.64. The third-order valence-corrected chi connectivity index (χ3v) is 3.94. The van der Waals surface area contributed by atoms with Crippen molar-refractivity contribution in [2.45, 2.75) is 13.0 Å². The molecule has 0 radical (unpaired) electrons. The smallest absolute Gasteiger partial charge is 0.134 e. The molecule has 0 saturated carbocycles. The Bertz CT molecular complexity index is 677. The quantitative estimate of drug-likeness (QED) is 0.787. The van der Waals surface area contributed by atoms with E-state index in [2.05, 4.69) is 20.2 Å². The largest absolute Gasteiger partial charge is 0.491 e. The second-order valence-electron chi connectivity index (χ2n) is 6.02. The molecule has 7 heteroatoms. The van der Waals surface area contributed by atoms with E-state index in [-0.39, 0.29) is 6.61 Å². The van der Waals surface area contributed by atoms with Gasteiger partial charge in [-0.05, 0) is 24.6 Å². The minimum Gasteiger partial charge on any atom is -0.491 e. The number of anilines is 2. The first-order chi connectivity index (χ1) is 12.2. The first-order valence-corrected chi connectivity index (χ1v) is 8.47. The van der Waals surface area contributed by atoms with E-state index >= 15 is 0 Å². The van der Waals surface area contributed by atoms with E-state index in [4.69, 9.17) is 9.47 Å². The van der Waals surface area contributed by atoms with Gasteiger partial charge in [-0.3, -0.25) is 0 Å². The van der Waals surface area contributed by atoms with Crippen LogP contribution in [-0.4, -0.2) is 60.6 Å². The first-order valence-electron chi connectivity index (χ1n) is 8.47. The third-order valence-electron chi connectivity index (χ3n) is 3.94. The molecular weight excluding hydrogens is 320 g/mol. The van der Waals surface area contributed by atoms with E-state index in [0.29, 0.717) is 25.6 Å². The summed E-state index contributed by atoms with van der Waals surface area (Å²) in [4.78, 5) is 10.7. The molecule has 134 valence electrons. The highest BCUT2D eigenvalue weighted by Crippen LogP contribution is 2.16. The van der Waals surface area contributed by atoms with E-state index < -0.39 is 6.10 Å². The molecular formula is C18H24N4O3. The summed E-state index contributed by atoms with van der Waals surface area (Å²) in [6, 6.07) is 9.65. The Morgan fingerprint density at radius 2 is 2.12 bits per heavy atom. The van der Waals surface area contributed by atoms with Crippen LogP contribution in [0.5, 0.6) is 5.75 Å².